The molecular weight excluding hydrogens is 527 g/mol. The van der Waals surface area contributed by atoms with E-state index in [0.29, 0.717) is 0 Å². The zero-order chi connectivity index (χ0) is 28.4. The third-order valence-electron chi connectivity index (χ3n) is 9.14. The molecule has 2 heteroatoms. The number of fused-ring (bicyclic) bond motifs is 10. The Bertz CT molecular complexity index is 2270. The molecule has 8 rings (SSSR count). The van der Waals surface area contributed by atoms with Gasteiger partial charge in [-0.05, 0) is 83.9 Å². The molecule has 0 spiro atoms. The van der Waals surface area contributed by atoms with E-state index in [4.69, 9.17) is 0 Å². The van der Waals surface area contributed by atoms with Crippen LogP contribution >= 0.6 is 7.80 Å². The van der Waals surface area contributed by atoms with Crippen LogP contribution in [0.5, 0.6) is 0 Å². The molecule has 0 saturated carbocycles. The number of benzene rings is 7. The molecule has 0 N–H and O–H groups in total. The zero-order valence-corrected chi connectivity index (χ0v) is 25.0. The summed E-state index contributed by atoms with van der Waals surface area (Å²) in [6, 6.07) is 37.4. The normalized spacial score (nSPS) is 14.0. The highest BCUT2D eigenvalue weighted by atomic mass is 31.1. The molecule has 1 heterocycles. The highest BCUT2D eigenvalue weighted by Crippen LogP contribution is 2.49. The van der Waals surface area contributed by atoms with Crippen LogP contribution in [0, 0.1) is 0 Å². The van der Waals surface area contributed by atoms with Crippen molar-refractivity contribution < 1.29 is 4.57 Å². The van der Waals surface area contributed by atoms with E-state index in [1.54, 1.807) is 0 Å². The summed E-state index contributed by atoms with van der Waals surface area (Å²) in [5.74, 6) is 0. The molecule has 1 aliphatic heterocycles. The van der Waals surface area contributed by atoms with Gasteiger partial charge in [0.2, 0.25) is 10.6 Å². The zero-order valence-electron chi connectivity index (χ0n) is 24.1. The van der Waals surface area contributed by atoms with Gasteiger partial charge >= 0.3 is 7.80 Å². The van der Waals surface area contributed by atoms with Crippen LogP contribution in [0.15, 0.2) is 103 Å². The number of aryl methyl sites for hydroxylation is 2. The van der Waals surface area contributed by atoms with E-state index in [-0.39, 0.29) is 0 Å². The van der Waals surface area contributed by atoms with Crippen molar-refractivity contribution in [2.75, 3.05) is 0 Å². The van der Waals surface area contributed by atoms with Crippen LogP contribution in [0.2, 0.25) is 0 Å². The van der Waals surface area contributed by atoms with Gasteiger partial charge < -0.3 is 0 Å². The van der Waals surface area contributed by atoms with E-state index in [2.05, 4.69) is 105 Å². The molecular formula is C40H32OP+. The Kier molecular flexibility index (Phi) is 5.99. The Morgan fingerprint density at radius 2 is 1.19 bits per heavy atom. The van der Waals surface area contributed by atoms with Gasteiger partial charge in [-0.15, -0.1) is 0 Å². The quantitative estimate of drug-likeness (QED) is 0.151. The first kappa shape index (κ1) is 25.4. The molecule has 7 aromatic carbocycles. The molecule has 0 radical (unpaired) electrons. The van der Waals surface area contributed by atoms with Crippen molar-refractivity contribution in [3.05, 3.63) is 125 Å². The van der Waals surface area contributed by atoms with E-state index >= 15 is 0 Å². The highest BCUT2D eigenvalue weighted by molar-refractivity contribution is 7.65. The molecule has 1 atom stereocenters. The fourth-order valence-electron chi connectivity index (χ4n) is 7.34. The fraction of sp³-hybridized carbons (Fsp3) is 0.150. The van der Waals surface area contributed by atoms with Crippen molar-refractivity contribution in [3.8, 4) is 0 Å². The monoisotopic (exact) mass is 559 g/mol. The van der Waals surface area contributed by atoms with E-state index in [1.165, 1.54) is 65.0 Å². The van der Waals surface area contributed by atoms with Gasteiger partial charge in [0.25, 0.3) is 0 Å². The average Bonchev–Trinajstić information content (AvgIpc) is 3.36. The standard InChI is InChI=1S/C40H32OP/c1-3-10-31-32(11-4-2)34-22-29-23-36(26-13-6-5-7-14-26)42(41)37(29)24-35(34)40-33(31)21-20-28-19-18-27-17-16-25-12-8-9-15-30(25)38(27)39(28)40/h5-9,12-24H,3-4,10-11H2,1-2H3/q+1. The summed E-state index contributed by atoms with van der Waals surface area (Å²) in [5, 5.41) is 14.8. The second kappa shape index (κ2) is 9.90. The Balaban J connectivity index is 1.58. The van der Waals surface area contributed by atoms with Gasteiger partial charge in [-0.2, -0.15) is 0 Å². The van der Waals surface area contributed by atoms with Crippen LogP contribution in [-0.2, 0) is 17.4 Å². The second-order valence-corrected chi connectivity index (χ2v) is 13.2. The van der Waals surface area contributed by atoms with Crippen LogP contribution < -0.4 is 5.30 Å². The maximum absolute atomic E-state index is 14.1. The summed E-state index contributed by atoms with van der Waals surface area (Å²) in [7, 11) is -1.68. The molecule has 0 aromatic heterocycles. The van der Waals surface area contributed by atoms with Crippen LogP contribution in [0.25, 0.3) is 65.3 Å². The predicted octanol–water partition coefficient (Wildman–Crippen LogP) is 11.3. The summed E-state index contributed by atoms with van der Waals surface area (Å²) >= 11 is 0. The summed E-state index contributed by atoms with van der Waals surface area (Å²) in [4.78, 5) is 0. The molecule has 0 bridgehead atoms. The molecule has 1 aliphatic rings. The minimum absolute atomic E-state index is 0.937. The highest BCUT2D eigenvalue weighted by Gasteiger charge is 2.37. The number of hydrogen-bond donors (Lipinski definition) is 0. The Labute approximate surface area is 247 Å². The molecule has 202 valence electrons. The van der Waals surface area contributed by atoms with E-state index in [1.807, 2.05) is 18.2 Å². The molecule has 1 unspecified atom stereocenters. The Hall–Kier alpha value is -4.32. The molecule has 0 saturated heterocycles. The average molecular weight is 560 g/mol. The van der Waals surface area contributed by atoms with Crippen molar-refractivity contribution >= 4 is 78.4 Å². The third kappa shape index (κ3) is 3.70. The topological polar surface area (TPSA) is 17.1 Å². The van der Waals surface area contributed by atoms with E-state index < -0.39 is 7.80 Å². The van der Waals surface area contributed by atoms with Crippen molar-refractivity contribution in [1.82, 2.24) is 0 Å². The summed E-state index contributed by atoms with van der Waals surface area (Å²) in [6.07, 6.45) is 6.46. The Morgan fingerprint density at radius 3 is 1.95 bits per heavy atom. The molecule has 7 aromatic rings. The number of rotatable bonds is 5. The van der Waals surface area contributed by atoms with Gasteiger partial charge in [0, 0.05) is 23.3 Å². The fourth-order valence-corrected chi connectivity index (χ4v) is 8.85. The van der Waals surface area contributed by atoms with Crippen LogP contribution in [-0.4, -0.2) is 0 Å². The van der Waals surface area contributed by atoms with Gasteiger partial charge in [-0.3, -0.25) is 0 Å². The Morgan fingerprint density at radius 1 is 0.548 bits per heavy atom. The predicted molar refractivity (Wildman–Crippen MR) is 184 cm³/mol. The molecule has 42 heavy (non-hydrogen) atoms. The maximum Gasteiger partial charge on any atom is 0.416 e. The minimum Gasteiger partial charge on any atom is -0.0651 e. The van der Waals surface area contributed by atoms with Gasteiger partial charge in [0.15, 0.2) is 0 Å². The SMILES string of the molecule is CCCc1c(CCC)c2ccc3ccc4ccc5ccccc5c4c3c2c2cc3c(cc12)C=C(c1ccccc1)[P+]3=O. The smallest absolute Gasteiger partial charge is 0.0651 e. The largest absolute Gasteiger partial charge is 0.416 e. The van der Waals surface area contributed by atoms with Crippen LogP contribution in [0.4, 0.5) is 0 Å². The summed E-state index contributed by atoms with van der Waals surface area (Å²) in [5.41, 5.74) is 5.10. The third-order valence-corrected chi connectivity index (χ3v) is 10.8. The van der Waals surface area contributed by atoms with Gasteiger partial charge in [0.05, 0.1) is 0 Å². The van der Waals surface area contributed by atoms with Gasteiger partial charge in [-0.25, -0.2) is 0 Å². The minimum atomic E-state index is -1.68. The molecule has 0 fully saturated rings. The van der Waals surface area contributed by atoms with E-state index in [9.17, 15) is 4.57 Å². The lowest BCUT2D eigenvalue weighted by Crippen LogP contribution is -2.04. The molecule has 0 aliphatic carbocycles. The van der Waals surface area contributed by atoms with E-state index in [0.717, 1.165) is 47.4 Å². The lowest BCUT2D eigenvalue weighted by Gasteiger charge is -2.20. The van der Waals surface area contributed by atoms with Gasteiger partial charge in [0.1, 0.15) is 0 Å². The van der Waals surface area contributed by atoms with Crippen molar-refractivity contribution in [1.29, 1.82) is 0 Å². The van der Waals surface area contributed by atoms with Crippen molar-refractivity contribution in [2.24, 2.45) is 0 Å². The second-order valence-electron chi connectivity index (χ2n) is 11.6. The van der Waals surface area contributed by atoms with Crippen molar-refractivity contribution in [2.45, 2.75) is 39.5 Å². The summed E-state index contributed by atoms with van der Waals surface area (Å²) in [6.45, 7) is 4.57. The first-order valence-electron chi connectivity index (χ1n) is 15.2. The number of hydrogen-bond acceptors (Lipinski definition) is 1. The lowest BCUT2D eigenvalue weighted by atomic mass is 9.83. The van der Waals surface area contributed by atoms with Gasteiger partial charge in [-0.1, -0.05) is 122 Å². The van der Waals surface area contributed by atoms with Crippen LogP contribution in [0.3, 0.4) is 0 Å². The first-order valence-corrected chi connectivity index (χ1v) is 16.5. The first-order chi connectivity index (χ1) is 20.7. The summed E-state index contributed by atoms with van der Waals surface area (Å²) < 4.78 is 14.1. The molecule has 0 amide bonds. The molecule has 1 nitrogen and oxygen atoms in total. The van der Waals surface area contributed by atoms with Crippen molar-refractivity contribution in [3.63, 3.8) is 0 Å². The lowest BCUT2D eigenvalue weighted by molar-refractivity contribution is 0.598. The maximum atomic E-state index is 14.1. The van der Waals surface area contributed by atoms with Crippen LogP contribution in [0.1, 0.15) is 48.9 Å².